The normalized spacial score (nSPS) is 19.9. The van der Waals surface area contributed by atoms with Crippen LogP contribution in [-0.2, 0) is 10.3 Å². The van der Waals surface area contributed by atoms with Crippen molar-refractivity contribution in [3.8, 4) is 0 Å². The molecule has 1 aliphatic rings. The van der Waals surface area contributed by atoms with Gasteiger partial charge in [0.15, 0.2) is 0 Å². The summed E-state index contributed by atoms with van der Waals surface area (Å²) in [4.78, 5) is 0. The van der Waals surface area contributed by atoms with Crippen LogP contribution in [0.15, 0.2) is 91.0 Å². The molecule has 0 aromatic heterocycles. The summed E-state index contributed by atoms with van der Waals surface area (Å²) < 4.78 is 5.58. The van der Waals surface area contributed by atoms with E-state index in [1.807, 2.05) is 0 Å². The van der Waals surface area contributed by atoms with E-state index < -0.39 is 5.54 Å². The lowest BCUT2D eigenvalue weighted by atomic mass is 9.76. The molecule has 0 radical (unpaired) electrons. The summed E-state index contributed by atoms with van der Waals surface area (Å²) in [6, 6.07) is 31.8. The summed E-state index contributed by atoms with van der Waals surface area (Å²) in [6.07, 6.45) is 0.869. The Morgan fingerprint density at radius 2 is 1.22 bits per heavy atom. The van der Waals surface area contributed by atoms with E-state index in [1.165, 1.54) is 16.7 Å². The lowest BCUT2D eigenvalue weighted by molar-refractivity contribution is 0.175. The van der Waals surface area contributed by atoms with E-state index in [0.717, 1.165) is 13.0 Å². The highest BCUT2D eigenvalue weighted by molar-refractivity contribution is 5.49. The van der Waals surface area contributed by atoms with Gasteiger partial charge in [0, 0.05) is 13.2 Å². The molecule has 27 heavy (non-hydrogen) atoms. The molecule has 0 bridgehead atoms. The molecule has 1 unspecified atom stereocenters. The minimum Gasteiger partial charge on any atom is -0.379 e. The van der Waals surface area contributed by atoms with Gasteiger partial charge >= 0.3 is 0 Å². The van der Waals surface area contributed by atoms with E-state index >= 15 is 0 Å². The largest absolute Gasteiger partial charge is 0.379 e. The predicted molar refractivity (Wildman–Crippen MR) is 110 cm³/mol. The van der Waals surface area contributed by atoms with E-state index in [9.17, 15) is 0 Å². The maximum Gasteiger partial charge on any atom is 0.0948 e. The van der Waals surface area contributed by atoms with Crippen molar-refractivity contribution >= 4 is 0 Å². The fourth-order valence-electron chi connectivity index (χ4n) is 3.94. The minimum absolute atomic E-state index is 0.344. The van der Waals surface area contributed by atoms with Crippen LogP contribution < -0.4 is 11.1 Å². The van der Waals surface area contributed by atoms with Gasteiger partial charge in [-0.1, -0.05) is 91.0 Å². The van der Waals surface area contributed by atoms with Crippen LogP contribution in [0.4, 0.5) is 0 Å². The molecule has 1 aliphatic heterocycles. The quantitative estimate of drug-likeness (QED) is 0.661. The maximum absolute atomic E-state index is 6.61. The summed E-state index contributed by atoms with van der Waals surface area (Å²) in [5, 5.41) is 3.86. The molecular weight excluding hydrogens is 332 g/mol. The highest BCUT2D eigenvalue weighted by Gasteiger charge is 2.39. The second kappa shape index (κ2) is 7.65. The van der Waals surface area contributed by atoms with Crippen molar-refractivity contribution in [3.05, 3.63) is 108 Å². The summed E-state index contributed by atoms with van der Waals surface area (Å²) in [5.41, 5.74) is 9.39. The number of nitrogens with one attached hydrogen (secondary N) is 1. The van der Waals surface area contributed by atoms with E-state index in [0.29, 0.717) is 13.2 Å². The first kappa shape index (κ1) is 17.9. The standard InChI is InChI=1S/C24H26N2O/c25-23(16-17-27-19-23)18-26-24(20-10-4-1-5-11-20,21-12-6-2-7-13-21)22-14-8-3-9-15-22/h1-15,26H,16-19,25H2. The van der Waals surface area contributed by atoms with Gasteiger partial charge < -0.3 is 10.5 Å². The minimum atomic E-state index is -0.473. The topological polar surface area (TPSA) is 47.3 Å². The van der Waals surface area contributed by atoms with Gasteiger partial charge in [0.05, 0.1) is 17.7 Å². The number of benzene rings is 3. The van der Waals surface area contributed by atoms with Gasteiger partial charge in [-0.15, -0.1) is 0 Å². The summed E-state index contributed by atoms with van der Waals surface area (Å²) in [7, 11) is 0. The third-order valence-electron chi connectivity index (χ3n) is 5.46. The molecule has 0 amide bonds. The molecule has 138 valence electrons. The molecule has 1 fully saturated rings. The summed E-state index contributed by atoms with van der Waals surface area (Å²) >= 11 is 0. The van der Waals surface area contributed by atoms with Crippen LogP contribution in [0.1, 0.15) is 23.1 Å². The summed E-state index contributed by atoms with van der Waals surface area (Å²) in [6.45, 7) is 1.99. The van der Waals surface area contributed by atoms with Crippen LogP contribution in [0.3, 0.4) is 0 Å². The molecule has 0 spiro atoms. The molecular formula is C24H26N2O. The first-order valence-corrected chi connectivity index (χ1v) is 9.51. The fourth-order valence-corrected chi connectivity index (χ4v) is 3.94. The van der Waals surface area contributed by atoms with Crippen molar-refractivity contribution in [1.82, 2.24) is 5.32 Å². The second-order valence-electron chi connectivity index (χ2n) is 7.37. The average Bonchev–Trinajstić information content (AvgIpc) is 3.18. The first-order valence-electron chi connectivity index (χ1n) is 9.51. The Morgan fingerprint density at radius 3 is 1.59 bits per heavy atom. The molecule has 3 N–H and O–H groups in total. The van der Waals surface area contributed by atoms with Crippen molar-refractivity contribution < 1.29 is 4.74 Å². The SMILES string of the molecule is NC1(CNC(c2ccccc2)(c2ccccc2)c2ccccc2)CCOC1. The molecule has 4 rings (SSSR count). The van der Waals surface area contributed by atoms with Gasteiger partial charge in [-0.3, -0.25) is 5.32 Å². The molecule has 3 aromatic carbocycles. The Hall–Kier alpha value is -2.46. The van der Waals surface area contributed by atoms with E-state index in [4.69, 9.17) is 10.5 Å². The molecule has 3 nitrogen and oxygen atoms in total. The van der Waals surface area contributed by atoms with Crippen LogP contribution in [0, 0.1) is 0 Å². The van der Waals surface area contributed by atoms with Crippen molar-refractivity contribution in [1.29, 1.82) is 0 Å². The third kappa shape index (κ3) is 3.54. The van der Waals surface area contributed by atoms with Gasteiger partial charge in [-0.25, -0.2) is 0 Å². The number of hydrogen-bond donors (Lipinski definition) is 2. The van der Waals surface area contributed by atoms with Crippen molar-refractivity contribution in [2.24, 2.45) is 5.73 Å². The van der Waals surface area contributed by atoms with Crippen molar-refractivity contribution in [3.63, 3.8) is 0 Å². The molecule has 0 aliphatic carbocycles. The number of hydrogen-bond acceptors (Lipinski definition) is 3. The van der Waals surface area contributed by atoms with Crippen LogP contribution in [0.25, 0.3) is 0 Å². The van der Waals surface area contributed by atoms with Crippen LogP contribution in [0.2, 0.25) is 0 Å². The zero-order valence-corrected chi connectivity index (χ0v) is 15.5. The van der Waals surface area contributed by atoms with E-state index in [1.54, 1.807) is 0 Å². The lowest BCUT2D eigenvalue weighted by Gasteiger charge is -2.39. The zero-order chi connectivity index (χ0) is 18.6. The predicted octanol–water partition coefficient (Wildman–Crippen LogP) is 3.69. The molecule has 1 atom stereocenters. The zero-order valence-electron chi connectivity index (χ0n) is 15.5. The Balaban J connectivity index is 1.86. The third-order valence-corrected chi connectivity index (χ3v) is 5.46. The second-order valence-corrected chi connectivity index (χ2v) is 7.37. The lowest BCUT2D eigenvalue weighted by Crippen LogP contribution is -2.56. The Morgan fingerprint density at radius 1 is 0.778 bits per heavy atom. The highest BCUT2D eigenvalue weighted by atomic mass is 16.5. The van der Waals surface area contributed by atoms with E-state index in [2.05, 4.69) is 96.3 Å². The fraction of sp³-hybridized carbons (Fsp3) is 0.250. The van der Waals surface area contributed by atoms with Crippen LogP contribution in [0.5, 0.6) is 0 Å². The number of rotatable bonds is 6. The summed E-state index contributed by atoms with van der Waals surface area (Å²) in [5.74, 6) is 0. The van der Waals surface area contributed by atoms with Gasteiger partial charge in [-0.2, -0.15) is 0 Å². The van der Waals surface area contributed by atoms with Crippen LogP contribution >= 0.6 is 0 Å². The molecule has 0 saturated carbocycles. The highest BCUT2D eigenvalue weighted by Crippen LogP contribution is 2.37. The Kier molecular flexibility index (Phi) is 5.08. The van der Waals surface area contributed by atoms with Gasteiger partial charge in [-0.05, 0) is 23.1 Å². The maximum atomic E-state index is 6.61. The number of nitrogens with two attached hydrogens (primary N) is 1. The molecule has 1 heterocycles. The van der Waals surface area contributed by atoms with E-state index in [-0.39, 0.29) is 5.54 Å². The van der Waals surface area contributed by atoms with Crippen molar-refractivity contribution in [2.75, 3.05) is 19.8 Å². The van der Waals surface area contributed by atoms with Crippen LogP contribution in [-0.4, -0.2) is 25.3 Å². The molecule has 3 heteroatoms. The van der Waals surface area contributed by atoms with Gasteiger partial charge in [0.25, 0.3) is 0 Å². The Bertz CT molecular complexity index is 747. The number of ether oxygens (including phenoxy) is 1. The smallest absolute Gasteiger partial charge is 0.0948 e. The monoisotopic (exact) mass is 358 g/mol. The first-order chi connectivity index (χ1) is 13.2. The molecule has 3 aromatic rings. The Labute approximate surface area is 161 Å². The van der Waals surface area contributed by atoms with Gasteiger partial charge in [0.1, 0.15) is 0 Å². The molecule has 1 saturated heterocycles. The van der Waals surface area contributed by atoms with Crippen molar-refractivity contribution in [2.45, 2.75) is 17.5 Å². The van der Waals surface area contributed by atoms with Gasteiger partial charge in [0.2, 0.25) is 0 Å². The average molecular weight is 358 g/mol.